The molecule has 4 aromatic rings. The Hall–Kier alpha value is -4.01. The maximum atomic E-state index is 12.5. The normalized spacial score (nSPS) is 11.5. The molecule has 0 aliphatic carbocycles. The molecule has 2 aromatic carbocycles. The quantitative estimate of drug-likeness (QED) is 0.224. The summed E-state index contributed by atoms with van der Waals surface area (Å²) in [6, 6.07) is 13.6. The van der Waals surface area contributed by atoms with Crippen molar-refractivity contribution < 1.29 is 14.5 Å². The zero-order valence-corrected chi connectivity index (χ0v) is 15.8. The van der Waals surface area contributed by atoms with Crippen molar-refractivity contribution in [3.8, 4) is 0 Å². The second-order valence-corrected chi connectivity index (χ2v) is 6.30. The van der Waals surface area contributed by atoms with E-state index in [1.54, 1.807) is 41.3 Å². The third-order valence-corrected chi connectivity index (χ3v) is 4.47. The second kappa shape index (κ2) is 7.19. The number of non-ortho nitro benzene ring substituents is 1. The van der Waals surface area contributed by atoms with Gasteiger partial charge in [-0.15, -0.1) is 0 Å². The molecule has 0 saturated carbocycles. The Morgan fingerprint density at radius 3 is 2.55 bits per heavy atom. The predicted octanol–water partition coefficient (Wildman–Crippen LogP) is 3.56. The number of rotatable bonds is 5. The van der Waals surface area contributed by atoms with E-state index in [1.165, 1.54) is 12.1 Å². The third kappa shape index (κ3) is 3.12. The molecule has 0 radical (unpaired) electrons. The minimum absolute atomic E-state index is 0.0129. The van der Waals surface area contributed by atoms with Crippen molar-refractivity contribution >= 4 is 34.7 Å². The van der Waals surface area contributed by atoms with E-state index in [0.29, 0.717) is 22.7 Å². The fraction of sp³-hybridized carbons (Fsp3) is 0.150. The zero-order chi connectivity index (χ0) is 20.5. The molecule has 0 N–H and O–H groups in total. The smallest absolute Gasteiger partial charge is 0.357 e. The van der Waals surface area contributed by atoms with Gasteiger partial charge >= 0.3 is 5.97 Å². The minimum Gasteiger partial charge on any atom is -0.461 e. The molecule has 9 heteroatoms. The van der Waals surface area contributed by atoms with Gasteiger partial charge in [-0.1, -0.05) is 12.1 Å². The molecule has 0 saturated heterocycles. The first-order valence-corrected chi connectivity index (χ1v) is 8.95. The zero-order valence-electron chi connectivity index (χ0n) is 15.8. The highest BCUT2D eigenvalue weighted by Crippen LogP contribution is 2.25. The van der Waals surface area contributed by atoms with E-state index in [9.17, 15) is 14.9 Å². The number of fused-ring (bicyclic) bond motifs is 3. The van der Waals surface area contributed by atoms with Crippen LogP contribution in [0.15, 0.2) is 53.6 Å². The van der Waals surface area contributed by atoms with Crippen molar-refractivity contribution in [2.75, 3.05) is 6.61 Å². The first-order chi connectivity index (χ1) is 14.0. The molecule has 0 unspecified atom stereocenters. The maximum Gasteiger partial charge on any atom is 0.357 e. The molecule has 29 heavy (non-hydrogen) atoms. The number of carbonyl (C=O) groups is 1. The molecule has 0 spiro atoms. The number of carbonyl (C=O) groups excluding carboxylic acids is 1. The van der Waals surface area contributed by atoms with E-state index in [0.717, 1.165) is 11.0 Å². The van der Waals surface area contributed by atoms with E-state index in [-0.39, 0.29) is 12.3 Å². The van der Waals surface area contributed by atoms with E-state index in [1.807, 2.05) is 24.3 Å². The van der Waals surface area contributed by atoms with Crippen LogP contribution >= 0.6 is 0 Å². The number of aryl methyl sites for hydroxylation is 1. The monoisotopic (exact) mass is 391 g/mol. The van der Waals surface area contributed by atoms with Crippen LogP contribution in [-0.2, 0) is 4.74 Å². The van der Waals surface area contributed by atoms with Crippen LogP contribution in [0.3, 0.4) is 0 Å². The topological polar surface area (TPSA) is 104 Å². The summed E-state index contributed by atoms with van der Waals surface area (Å²) in [4.78, 5) is 27.4. The summed E-state index contributed by atoms with van der Waals surface area (Å²) < 4.78 is 8.55. The number of hydrogen-bond acceptors (Lipinski definition) is 6. The summed E-state index contributed by atoms with van der Waals surface area (Å²) in [5, 5.41) is 15.3. The minimum atomic E-state index is -0.450. The summed E-state index contributed by atoms with van der Waals surface area (Å²) in [7, 11) is 0. The predicted molar refractivity (Wildman–Crippen MR) is 107 cm³/mol. The van der Waals surface area contributed by atoms with Gasteiger partial charge in [-0.2, -0.15) is 9.78 Å². The van der Waals surface area contributed by atoms with E-state index < -0.39 is 10.9 Å². The lowest BCUT2D eigenvalue weighted by atomic mass is 10.2. The lowest BCUT2D eigenvalue weighted by molar-refractivity contribution is -0.384. The number of imidazole rings is 2. The molecule has 9 nitrogen and oxygen atoms in total. The van der Waals surface area contributed by atoms with Gasteiger partial charge in [0, 0.05) is 12.1 Å². The van der Waals surface area contributed by atoms with E-state index in [2.05, 4.69) is 10.1 Å². The number of nitro benzene ring substituents is 1. The number of hydrogen-bond donors (Lipinski definition) is 0. The molecule has 2 heterocycles. The lowest BCUT2D eigenvalue weighted by Gasteiger charge is -2.01. The molecule has 0 fully saturated rings. The molecule has 0 bridgehead atoms. The second-order valence-electron chi connectivity index (χ2n) is 6.30. The van der Waals surface area contributed by atoms with Crippen LogP contribution in [0.2, 0.25) is 0 Å². The highest BCUT2D eigenvalue weighted by molar-refractivity contribution is 5.94. The van der Waals surface area contributed by atoms with Gasteiger partial charge in [-0.3, -0.25) is 14.5 Å². The number of nitro groups is 1. The van der Waals surface area contributed by atoms with Crippen molar-refractivity contribution in [2.24, 2.45) is 5.10 Å². The summed E-state index contributed by atoms with van der Waals surface area (Å²) >= 11 is 0. The summed E-state index contributed by atoms with van der Waals surface area (Å²) in [5.41, 5.74) is 3.15. The molecule has 146 valence electrons. The Labute approximate surface area is 165 Å². The largest absolute Gasteiger partial charge is 0.461 e. The molecule has 0 atom stereocenters. The first-order valence-electron chi connectivity index (χ1n) is 8.95. The van der Waals surface area contributed by atoms with Crippen LogP contribution in [0.5, 0.6) is 0 Å². The number of ether oxygens (including phenoxy) is 1. The fourth-order valence-corrected chi connectivity index (χ4v) is 3.18. The van der Waals surface area contributed by atoms with Gasteiger partial charge in [0.25, 0.3) is 5.69 Å². The highest BCUT2D eigenvalue weighted by Gasteiger charge is 2.23. The van der Waals surface area contributed by atoms with Crippen LogP contribution in [0, 0.1) is 17.0 Å². The Kier molecular flexibility index (Phi) is 4.55. The van der Waals surface area contributed by atoms with Crippen LogP contribution in [-0.4, -0.2) is 37.8 Å². The number of nitrogens with zero attached hydrogens (tertiary/aromatic N) is 5. The Morgan fingerprint density at radius 2 is 1.90 bits per heavy atom. The van der Waals surface area contributed by atoms with Crippen LogP contribution in [0.4, 0.5) is 5.69 Å². The fourth-order valence-electron chi connectivity index (χ4n) is 3.18. The molecule has 0 amide bonds. The van der Waals surface area contributed by atoms with Gasteiger partial charge in [-0.25, -0.2) is 9.78 Å². The van der Waals surface area contributed by atoms with Crippen molar-refractivity contribution in [3.05, 3.63) is 75.6 Å². The van der Waals surface area contributed by atoms with Crippen LogP contribution in [0.25, 0.3) is 16.8 Å². The van der Waals surface area contributed by atoms with Gasteiger partial charge in [0.1, 0.15) is 0 Å². The van der Waals surface area contributed by atoms with Crippen molar-refractivity contribution in [3.63, 3.8) is 0 Å². The molecular weight excluding hydrogens is 374 g/mol. The van der Waals surface area contributed by atoms with E-state index >= 15 is 0 Å². The van der Waals surface area contributed by atoms with Crippen molar-refractivity contribution in [2.45, 2.75) is 13.8 Å². The maximum absolute atomic E-state index is 12.5. The summed E-state index contributed by atoms with van der Waals surface area (Å²) in [5.74, 6) is 0.0321. The SMILES string of the molecule is CCOC(=O)c1c(C)nc2n(/N=C/c3ccc([N+](=O)[O-])cc3)c3ccccc3n12. The molecule has 2 aromatic heterocycles. The van der Waals surface area contributed by atoms with Gasteiger partial charge in [-0.05, 0) is 43.7 Å². The molecule has 4 rings (SSSR count). The average Bonchev–Trinajstić information content (AvgIpc) is 3.20. The van der Waals surface area contributed by atoms with Crippen molar-refractivity contribution in [1.82, 2.24) is 14.1 Å². The standard InChI is InChI=1S/C20H17N5O4/c1-3-29-19(26)18-13(2)22-20-23(18)16-6-4-5-7-17(16)24(20)21-12-14-8-10-15(11-9-14)25(27)28/h4-12H,3H2,1-2H3/b21-12+. The first kappa shape index (κ1) is 18.4. The third-order valence-electron chi connectivity index (χ3n) is 4.47. The number of para-hydroxylation sites is 2. The lowest BCUT2D eigenvalue weighted by Crippen LogP contribution is -2.09. The van der Waals surface area contributed by atoms with Crippen LogP contribution < -0.4 is 0 Å². The Bertz CT molecular complexity index is 1270. The van der Waals surface area contributed by atoms with Gasteiger partial charge in [0.15, 0.2) is 5.69 Å². The number of aromatic nitrogens is 3. The van der Waals surface area contributed by atoms with Crippen molar-refractivity contribution in [1.29, 1.82) is 0 Å². The van der Waals surface area contributed by atoms with Gasteiger partial charge in [0.2, 0.25) is 5.78 Å². The molecule has 0 aliphatic heterocycles. The van der Waals surface area contributed by atoms with Crippen LogP contribution in [0.1, 0.15) is 28.7 Å². The molecule has 0 aliphatic rings. The highest BCUT2D eigenvalue weighted by atomic mass is 16.6. The summed E-state index contributed by atoms with van der Waals surface area (Å²) in [6.45, 7) is 3.77. The number of benzene rings is 2. The molecular formula is C20H17N5O4. The Morgan fingerprint density at radius 1 is 1.21 bits per heavy atom. The average molecular weight is 391 g/mol. The Balaban J connectivity index is 1.86. The number of esters is 1. The summed E-state index contributed by atoms with van der Waals surface area (Å²) in [6.07, 6.45) is 1.59. The van der Waals surface area contributed by atoms with E-state index in [4.69, 9.17) is 4.74 Å². The van der Waals surface area contributed by atoms with Gasteiger partial charge in [0.05, 0.1) is 34.5 Å². The van der Waals surface area contributed by atoms with Gasteiger partial charge < -0.3 is 4.74 Å².